The lowest BCUT2D eigenvalue weighted by Crippen LogP contribution is -1.80. The van der Waals surface area contributed by atoms with Crippen LogP contribution >= 0.6 is 38.9 Å². The first-order valence-corrected chi connectivity index (χ1v) is 6.30. The maximum Gasteiger partial charge on any atom is 0.160 e. The molecule has 0 aliphatic heterocycles. The molecule has 0 amide bonds. The molecule has 0 aliphatic carbocycles. The first-order chi connectivity index (χ1) is 6.76. The van der Waals surface area contributed by atoms with Gasteiger partial charge in [0, 0.05) is 15.1 Å². The normalized spacial score (nSPS) is 10.7. The Hall–Kier alpha value is -0.380. The van der Waals surface area contributed by atoms with E-state index in [1.54, 1.807) is 0 Å². The van der Waals surface area contributed by atoms with Crippen molar-refractivity contribution in [3.05, 3.63) is 33.7 Å². The fourth-order valence-electron chi connectivity index (χ4n) is 1.37. The molecule has 1 heterocycles. The molecule has 72 valence electrons. The molecular formula is C10H6BrClOS. The lowest BCUT2D eigenvalue weighted by molar-refractivity contribution is 0.112. The Morgan fingerprint density at radius 3 is 2.93 bits per heavy atom. The molecule has 0 saturated carbocycles. The van der Waals surface area contributed by atoms with Crippen molar-refractivity contribution in [3.8, 4) is 0 Å². The van der Waals surface area contributed by atoms with Crippen molar-refractivity contribution in [2.75, 3.05) is 0 Å². The summed E-state index contributed by atoms with van der Waals surface area (Å²) in [4.78, 5) is 11.6. The first kappa shape index (κ1) is 10.1. The third-order valence-corrected chi connectivity index (χ3v) is 3.96. The zero-order valence-electron chi connectivity index (χ0n) is 7.09. The molecule has 0 N–H and O–H groups in total. The van der Waals surface area contributed by atoms with Crippen LogP contribution in [0.3, 0.4) is 0 Å². The summed E-state index contributed by atoms with van der Waals surface area (Å²) in [5.41, 5.74) is 1.03. The Balaban J connectivity index is 2.81. The minimum absolute atomic E-state index is 0.682. The molecule has 0 spiro atoms. The molecule has 0 radical (unpaired) electrons. The van der Waals surface area contributed by atoms with E-state index in [1.165, 1.54) is 11.3 Å². The highest BCUT2D eigenvalue weighted by molar-refractivity contribution is 9.08. The van der Waals surface area contributed by atoms with E-state index >= 15 is 0 Å². The van der Waals surface area contributed by atoms with Gasteiger partial charge in [0.2, 0.25) is 0 Å². The van der Waals surface area contributed by atoms with E-state index in [9.17, 15) is 4.79 Å². The highest BCUT2D eigenvalue weighted by Crippen LogP contribution is 2.33. The van der Waals surface area contributed by atoms with Crippen LogP contribution in [0.1, 0.15) is 15.2 Å². The maximum absolute atomic E-state index is 10.8. The van der Waals surface area contributed by atoms with Gasteiger partial charge >= 0.3 is 0 Å². The average molecular weight is 290 g/mol. The predicted octanol–water partition coefficient (Wildman–Crippen LogP) is 4.26. The molecule has 0 unspecified atom stereocenters. The van der Waals surface area contributed by atoms with Gasteiger partial charge in [0.15, 0.2) is 6.29 Å². The standard InChI is InChI=1S/C10H6BrClOS/c11-4-8-7-3-6(12)1-2-9(7)14-10(8)5-13/h1-3,5H,4H2. The number of hydrogen-bond donors (Lipinski definition) is 0. The van der Waals surface area contributed by atoms with Crippen molar-refractivity contribution < 1.29 is 4.79 Å². The van der Waals surface area contributed by atoms with Crippen LogP contribution in [0.2, 0.25) is 5.02 Å². The van der Waals surface area contributed by atoms with Crippen LogP contribution in [-0.2, 0) is 5.33 Å². The highest BCUT2D eigenvalue weighted by Gasteiger charge is 2.10. The van der Waals surface area contributed by atoms with E-state index in [0.29, 0.717) is 10.4 Å². The van der Waals surface area contributed by atoms with Gasteiger partial charge in [-0.2, -0.15) is 0 Å². The number of thiophene rings is 1. The zero-order chi connectivity index (χ0) is 10.1. The van der Waals surface area contributed by atoms with E-state index in [2.05, 4.69) is 15.9 Å². The smallest absolute Gasteiger partial charge is 0.160 e. The van der Waals surface area contributed by atoms with Gasteiger partial charge < -0.3 is 0 Å². The molecule has 2 rings (SSSR count). The highest BCUT2D eigenvalue weighted by atomic mass is 79.9. The van der Waals surface area contributed by atoms with Gasteiger partial charge in [-0.25, -0.2) is 0 Å². The van der Waals surface area contributed by atoms with Gasteiger partial charge in [-0.15, -0.1) is 11.3 Å². The van der Waals surface area contributed by atoms with Crippen LogP contribution in [0.25, 0.3) is 10.1 Å². The molecule has 0 fully saturated rings. The summed E-state index contributed by atoms with van der Waals surface area (Å²) in [6.45, 7) is 0. The number of halogens is 2. The fourth-order valence-corrected chi connectivity index (χ4v) is 3.35. The minimum atomic E-state index is 0.682. The molecule has 0 aliphatic rings. The largest absolute Gasteiger partial charge is 0.297 e. The Morgan fingerprint density at radius 2 is 2.29 bits per heavy atom. The van der Waals surface area contributed by atoms with Gasteiger partial charge in [-0.3, -0.25) is 4.79 Å². The van der Waals surface area contributed by atoms with Crippen LogP contribution in [0.15, 0.2) is 18.2 Å². The molecule has 4 heteroatoms. The number of carbonyl (C=O) groups excluding carboxylic acids is 1. The number of carbonyl (C=O) groups is 1. The second-order valence-electron chi connectivity index (χ2n) is 2.84. The SMILES string of the molecule is O=Cc1sc2ccc(Cl)cc2c1CBr. The van der Waals surface area contributed by atoms with Crippen LogP contribution in [-0.4, -0.2) is 6.29 Å². The van der Waals surface area contributed by atoms with Crippen LogP contribution in [0.5, 0.6) is 0 Å². The van der Waals surface area contributed by atoms with Crippen molar-refractivity contribution in [2.24, 2.45) is 0 Å². The van der Waals surface area contributed by atoms with Gasteiger partial charge in [-0.1, -0.05) is 27.5 Å². The summed E-state index contributed by atoms with van der Waals surface area (Å²) < 4.78 is 1.10. The predicted molar refractivity (Wildman–Crippen MR) is 64.9 cm³/mol. The third kappa shape index (κ3) is 1.60. The Bertz CT molecular complexity index is 492. The minimum Gasteiger partial charge on any atom is -0.297 e. The summed E-state index contributed by atoms with van der Waals surface area (Å²) in [5, 5.41) is 2.46. The number of benzene rings is 1. The number of alkyl halides is 1. The van der Waals surface area contributed by atoms with E-state index in [1.807, 2.05) is 18.2 Å². The molecule has 1 nitrogen and oxygen atoms in total. The van der Waals surface area contributed by atoms with Gasteiger partial charge in [0.05, 0.1) is 4.88 Å². The number of fused-ring (bicyclic) bond motifs is 1. The second kappa shape index (κ2) is 4.01. The molecular weight excluding hydrogens is 284 g/mol. The van der Waals surface area contributed by atoms with E-state index in [4.69, 9.17) is 11.6 Å². The molecule has 14 heavy (non-hydrogen) atoms. The van der Waals surface area contributed by atoms with E-state index < -0.39 is 0 Å². The van der Waals surface area contributed by atoms with Gasteiger partial charge in [-0.05, 0) is 29.1 Å². The van der Waals surface area contributed by atoms with Crippen LogP contribution in [0, 0.1) is 0 Å². The summed E-state index contributed by atoms with van der Waals surface area (Å²) in [7, 11) is 0. The third-order valence-electron chi connectivity index (χ3n) is 2.02. The number of hydrogen-bond acceptors (Lipinski definition) is 2. The molecule has 0 bridgehead atoms. The summed E-state index contributed by atoms with van der Waals surface area (Å²) in [5.74, 6) is 0. The Morgan fingerprint density at radius 1 is 1.50 bits per heavy atom. The van der Waals surface area contributed by atoms with Crippen molar-refractivity contribution in [1.82, 2.24) is 0 Å². The summed E-state index contributed by atoms with van der Waals surface area (Å²) >= 11 is 10.8. The fraction of sp³-hybridized carbons (Fsp3) is 0.100. The molecule has 1 aromatic carbocycles. The quantitative estimate of drug-likeness (QED) is 0.596. The van der Waals surface area contributed by atoms with Crippen LogP contribution in [0.4, 0.5) is 0 Å². The lowest BCUT2D eigenvalue weighted by atomic mass is 10.1. The topological polar surface area (TPSA) is 17.1 Å². The van der Waals surface area contributed by atoms with Crippen molar-refractivity contribution in [1.29, 1.82) is 0 Å². The molecule has 2 aromatic rings. The Labute approximate surface area is 98.8 Å². The molecule has 0 saturated heterocycles. The maximum atomic E-state index is 10.8. The van der Waals surface area contributed by atoms with Gasteiger partial charge in [0.25, 0.3) is 0 Å². The van der Waals surface area contributed by atoms with Crippen molar-refractivity contribution in [2.45, 2.75) is 5.33 Å². The van der Waals surface area contributed by atoms with E-state index in [0.717, 1.165) is 26.8 Å². The van der Waals surface area contributed by atoms with Crippen molar-refractivity contribution >= 4 is 55.2 Å². The number of aldehydes is 1. The zero-order valence-corrected chi connectivity index (χ0v) is 10.2. The van der Waals surface area contributed by atoms with Gasteiger partial charge in [0.1, 0.15) is 0 Å². The number of rotatable bonds is 2. The Kier molecular flexibility index (Phi) is 2.91. The average Bonchev–Trinajstić information content (AvgIpc) is 2.54. The molecule has 0 atom stereocenters. The molecule has 1 aromatic heterocycles. The summed E-state index contributed by atoms with van der Waals surface area (Å²) in [6, 6.07) is 5.69. The first-order valence-electron chi connectivity index (χ1n) is 3.98. The van der Waals surface area contributed by atoms with Crippen LogP contribution < -0.4 is 0 Å². The second-order valence-corrected chi connectivity index (χ2v) is 4.92. The van der Waals surface area contributed by atoms with E-state index in [-0.39, 0.29) is 0 Å². The monoisotopic (exact) mass is 288 g/mol. The van der Waals surface area contributed by atoms with Crippen molar-refractivity contribution in [3.63, 3.8) is 0 Å². The summed E-state index contributed by atoms with van der Waals surface area (Å²) in [6.07, 6.45) is 0.898. The lowest BCUT2D eigenvalue weighted by Gasteiger charge is -1.94.